The van der Waals surface area contributed by atoms with Crippen molar-refractivity contribution >= 4 is 5.78 Å². The van der Waals surface area contributed by atoms with Gasteiger partial charge in [0.25, 0.3) is 0 Å². The average molecular weight is 314 g/mol. The summed E-state index contributed by atoms with van der Waals surface area (Å²) in [4.78, 5) is 12.9. The first-order valence-corrected chi connectivity index (χ1v) is 8.66. The molecule has 1 aliphatic rings. The van der Waals surface area contributed by atoms with Crippen molar-refractivity contribution in [3.8, 4) is 5.75 Å². The first-order chi connectivity index (χ1) is 10.8. The molecule has 2 heteroatoms. The van der Waals surface area contributed by atoms with Crippen molar-refractivity contribution in [2.24, 2.45) is 5.41 Å². The molecular formula is C21H30O2. The molecule has 1 aliphatic carbocycles. The largest absolute Gasteiger partial charge is 0.496 e. The normalized spacial score (nSPS) is 17.5. The van der Waals surface area contributed by atoms with Crippen LogP contribution in [0.1, 0.15) is 70.9 Å². The molecule has 0 spiro atoms. The molecule has 0 fully saturated rings. The molecule has 2 nitrogen and oxygen atoms in total. The second-order valence-electron chi connectivity index (χ2n) is 7.72. The van der Waals surface area contributed by atoms with Crippen molar-refractivity contribution in [2.75, 3.05) is 7.11 Å². The summed E-state index contributed by atoms with van der Waals surface area (Å²) in [6, 6.07) is 6.19. The number of methoxy groups -OCH3 is 1. The highest BCUT2D eigenvalue weighted by molar-refractivity contribution is 5.98. The lowest BCUT2D eigenvalue weighted by Gasteiger charge is -2.33. The molecule has 0 bridgehead atoms. The summed E-state index contributed by atoms with van der Waals surface area (Å²) >= 11 is 0. The zero-order valence-corrected chi connectivity index (χ0v) is 15.5. The smallest absolute Gasteiger partial charge is 0.163 e. The fraction of sp³-hybridized carbons (Fsp3) is 0.571. The van der Waals surface area contributed by atoms with Gasteiger partial charge in [0.05, 0.1) is 7.11 Å². The number of benzene rings is 1. The van der Waals surface area contributed by atoms with Crippen LogP contribution in [0, 0.1) is 5.41 Å². The first-order valence-electron chi connectivity index (χ1n) is 8.66. The van der Waals surface area contributed by atoms with Crippen LogP contribution in [0.4, 0.5) is 0 Å². The van der Waals surface area contributed by atoms with Crippen LogP contribution in [0.3, 0.4) is 0 Å². The van der Waals surface area contributed by atoms with Crippen LogP contribution >= 0.6 is 0 Å². The lowest BCUT2D eigenvalue weighted by atomic mass is 9.70. The van der Waals surface area contributed by atoms with Gasteiger partial charge in [-0.2, -0.15) is 0 Å². The van der Waals surface area contributed by atoms with Gasteiger partial charge in [0, 0.05) is 12.0 Å². The maximum absolute atomic E-state index is 12.9. The van der Waals surface area contributed by atoms with Gasteiger partial charge >= 0.3 is 0 Å². The van der Waals surface area contributed by atoms with Gasteiger partial charge in [-0.15, -0.1) is 0 Å². The van der Waals surface area contributed by atoms with E-state index in [2.05, 4.69) is 46.8 Å². The third kappa shape index (κ3) is 3.85. The molecule has 0 saturated heterocycles. The van der Waals surface area contributed by atoms with Crippen LogP contribution in [-0.2, 0) is 11.2 Å². The highest BCUT2D eigenvalue weighted by atomic mass is 16.5. The van der Waals surface area contributed by atoms with E-state index in [4.69, 9.17) is 4.74 Å². The summed E-state index contributed by atoms with van der Waals surface area (Å²) in [6.07, 6.45) is 3.80. The summed E-state index contributed by atoms with van der Waals surface area (Å²) in [5, 5.41) is 0. The van der Waals surface area contributed by atoms with E-state index < -0.39 is 0 Å². The monoisotopic (exact) mass is 314 g/mol. The molecule has 23 heavy (non-hydrogen) atoms. The van der Waals surface area contributed by atoms with Crippen molar-refractivity contribution in [1.29, 1.82) is 0 Å². The van der Waals surface area contributed by atoms with Crippen molar-refractivity contribution < 1.29 is 9.53 Å². The fourth-order valence-corrected chi connectivity index (χ4v) is 3.85. The molecule has 126 valence electrons. The molecule has 0 atom stereocenters. The van der Waals surface area contributed by atoms with Gasteiger partial charge in [-0.05, 0) is 54.7 Å². The van der Waals surface area contributed by atoms with Gasteiger partial charge in [0.1, 0.15) is 5.75 Å². The molecule has 0 aliphatic heterocycles. The summed E-state index contributed by atoms with van der Waals surface area (Å²) < 4.78 is 5.51. The van der Waals surface area contributed by atoms with E-state index >= 15 is 0 Å². The number of ether oxygens (including phenoxy) is 1. The van der Waals surface area contributed by atoms with Crippen molar-refractivity contribution in [3.05, 3.63) is 40.5 Å². The number of hydrogen-bond donors (Lipinski definition) is 0. The van der Waals surface area contributed by atoms with Gasteiger partial charge in [-0.3, -0.25) is 4.79 Å². The minimum atomic E-state index is 0.00137. The Morgan fingerprint density at radius 2 is 2.00 bits per heavy atom. The third-order valence-corrected chi connectivity index (χ3v) is 5.02. The Hall–Kier alpha value is -1.57. The zero-order valence-electron chi connectivity index (χ0n) is 15.5. The topological polar surface area (TPSA) is 26.3 Å². The third-order valence-electron chi connectivity index (χ3n) is 5.02. The SMILES string of the molecule is COc1cc(CC(=O)C2=C(C)CCCC2(C)C)ccc1C(C)C. The lowest BCUT2D eigenvalue weighted by molar-refractivity contribution is -0.116. The summed E-state index contributed by atoms with van der Waals surface area (Å²) in [6.45, 7) is 10.8. The van der Waals surface area contributed by atoms with E-state index in [0.29, 0.717) is 12.3 Å². The molecule has 0 heterocycles. The van der Waals surface area contributed by atoms with Crippen LogP contribution in [0.5, 0.6) is 5.75 Å². The second-order valence-corrected chi connectivity index (χ2v) is 7.72. The van der Waals surface area contributed by atoms with Crippen molar-refractivity contribution in [3.63, 3.8) is 0 Å². The number of hydrogen-bond acceptors (Lipinski definition) is 2. The van der Waals surface area contributed by atoms with E-state index in [1.54, 1.807) is 7.11 Å². The van der Waals surface area contributed by atoms with Crippen LogP contribution in [0.2, 0.25) is 0 Å². The molecule has 2 rings (SSSR count). The van der Waals surface area contributed by atoms with Crippen molar-refractivity contribution in [2.45, 2.75) is 66.2 Å². The predicted molar refractivity (Wildman–Crippen MR) is 96.1 cm³/mol. The van der Waals surface area contributed by atoms with Crippen molar-refractivity contribution in [1.82, 2.24) is 0 Å². The highest BCUT2D eigenvalue weighted by Crippen LogP contribution is 2.41. The minimum absolute atomic E-state index is 0.00137. The van der Waals surface area contributed by atoms with Gasteiger partial charge in [-0.1, -0.05) is 45.4 Å². The number of carbonyl (C=O) groups excluding carboxylic acids is 1. The Morgan fingerprint density at radius 1 is 1.30 bits per heavy atom. The number of Topliss-reactive ketones (excluding diaryl/α,β-unsaturated/α-hetero) is 1. The Bertz CT molecular complexity index is 621. The molecule has 0 saturated carbocycles. The van der Waals surface area contributed by atoms with E-state index in [0.717, 1.165) is 29.7 Å². The van der Waals surface area contributed by atoms with E-state index in [9.17, 15) is 4.79 Å². The van der Waals surface area contributed by atoms with Crippen LogP contribution in [0.25, 0.3) is 0 Å². The van der Waals surface area contributed by atoms with Crippen LogP contribution in [-0.4, -0.2) is 12.9 Å². The van der Waals surface area contributed by atoms with Crippen LogP contribution in [0.15, 0.2) is 29.3 Å². The number of ketones is 1. The molecule has 0 N–H and O–H groups in total. The van der Waals surface area contributed by atoms with Gasteiger partial charge in [0.2, 0.25) is 0 Å². The Labute approximate surface area is 140 Å². The van der Waals surface area contributed by atoms with Crippen LogP contribution < -0.4 is 4.74 Å². The molecule has 0 radical (unpaired) electrons. The highest BCUT2D eigenvalue weighted by Gasteiger charge is 2.32. The second kappa shape index (κ2) is 6.90. The molecule has 1 aromatic rings. The molecule has 0 unspecified atom stereocenters. The number of carbonyl (C=O) groups is 1. The number of allylic oxidation sites excluding steroid dienone is 2. The van der Waals surface area contributed by atoms with Gasteiger partial charge < -0.3 is 4.74 Å². The van der Waals surface area contributed by atoms with Gasteiger partial charge in [-0.25, -0.2) is 0 Å². The molecule has 0 aromatic heterocycles. The lowest BCUT2D eigenvalue weighted by Crippen LogP contribution is -2.27. The van der Waals surface area contributed by atoms with E-state index in [1.807, 2.05) is 6.07 Å². The minimum Gasteiger partial charge on any atom is -0.496 e. The Kier molecular flexibility index (Phi) is 5.33. The van der Waals surface area contributed by atoms with E-state index in [1.165, 1.54) is 17.6 Å². The Morgan fingerprint density at radius 3 is 2.57 bits per heavy atom. The number of rotatable bonds is 5. The molecule has 0 amide bonds. The summed E-state index contributed by atoms with van der Waals surface area (Å²) in [5.74, 6) is 1.57. The molecule has 1 aromatic carbocycles. The maximum atomic E-state index is 12.9. The summed E-state index contributed by atoms with van der Waals surface area (Å²) in [7, 11) is 1.70. The summed E-state index contributed by atoms with van der Waals surface area (Å²) in [5.41, 5.74) is 4.56. The predicted octanol–water partition coefficient (Wildman–Crippen LogP) is 5.46. The Balaban J connectivity index is 2.27. The van der Waals surface area contributed by atoms with Gasteiger partial charge in [0.15, 0.2) is 5.78 Å². The average Bonchev–Trinajstić information content (AvgIpc) is 2.45. The fourth-order valence-electron chi connectivity index (χ4n) is 3.85. The first kappa shape index (κ1) is 17.8. The van der Waals surface area contributed by atoms with E-state index in [-0.39, 0.29) is 11.2 Å². The zero-order chi connectivity index (χ0) is 17.2. The molecular weight excluding hydrogens is 284 g/mol. The quantitative estimate of drug-likeness (QED) is 0.721. The standard InChI is InChI=1S/C21H30O2/c1-14(2)17-10-9-16(13-19(17)23-6)12-18(22)20-15(3)8-7-11-21(20,4)5/h9-10,13-14H,7-8,11-12H2,1-6H3. The maximum Gasteiger partial charge on any atom is 0.163 e.